The molecule has 3 atom stereocenters. The molecule has 0 radical (unpaired) electrons. The second kappa shape index (κ2) is 8.70. The van der Waals surface area contributed by atoms with E-state index in [9.17, 15) is 5.11 Å². The third kappa shape index (κ3) is 4.25. The van der Waals surface area contributed by atoms with Crippen LogP contribution in [0.1, 0.15) is 31.4 Å². The van der Waals surface area contributed by atoms with Crippen molar-refractivity contribution < 1.29 is 5.11 Å². The van der Waals surface area contributed by atoms with Crippen LogP contribution in [0.15, 0.2) is 54.7 Å². The molecule has 0 amide bonds. The van der Waals surface area contributed by atoms with Crippen molar-refractivity contribution in [3.05, 3.63) is 70.9 Å². The molecule has 1 fully saturated rings. The number of nitrogens with zero attached hydrogens (tertiary/aromatic N) is 2. The molecular formula is C24H28ClN3O. The first kappa shape index (κ1) is 20.1. The summed E-state index contributed by atoms with van der Waals surface area (Å²) in [7, 11) is 0. The van der Waals surface area contributed by atoms with Crippen LogP contribution in [0.2, 0.25) is 5.02 Å². The van der Waals surface area contributed by atoms with E-state index in [1.807, 2.05) is 18.2 Å². The van der Waals surface area contributed by atoms with Crippen molar-refractivity contribution in [1.29, 1.82) is 0 Å². The van der Waals surface area contributed by atoms with Crippen LogP contribution in [0, 0.1) is 5.92 Å². The van der Waals surface area contributed by atoms with E-state index in [0.29, 0.717) is 35.1 Å². The highest BCUT2D eigenvalue weighted by Crippen LogP contribution is 2.33. The molecule has 2 N–H and O–H groups in total. The molecule has 1 aromatic heterocycles. The van der Waals surface area contributed by atoms with Crippen molar-refractivity contribution >= 4 is 22.5 Å². The van der Waals surface area contributed by atoms with Crippen LogP contribution in [0.3, 0.4) is 0 Å². The Labute approximate surface area is 177 Å². The molecule has 3 unspecified atom stereocenters. The predicted molar refractivity (Wildman–Crippen MR) is 119 cm³/mol. The van der Waals surface area contributed by atoms with Gasteiger partial charge in [-0.25, -0.2) is 0 Å². The van der Waals surface area contributed by atoms with Gasteiger partial charge >= 0.3 is 0 Å². The van der Waals surface area contributed by atoms with Crippen LogP contribution in [0.25, 0.3) is 10.9 Å². The molecule has 152 valence electrons. The Hall–Kier alpha value is -2.14. The van der Waals surface area contributed by atoms with E-state index in [1.165, 1.54) is 5.56 Å². The number of rotatable bonds is 5. The third-order valence-corrected chi connectivity index (χ3v) is 6.69. The van der Waals surface area contributed by atoms with Gasteiger partial charge in [-0.2, -0.15) is 0 Å². The molecule has 1 aliphatic heterocycles. The Morgan fingerprint density at radius 3 is 2.76 bits per heavy atom. The van der Waals surface area contributed by atoms with E-state index >= 15 is 0 Å². The third-order valence-electron chi connectivity index (χ3n) is 6.38. The lowest BCUT2D eigenvalue weighted by molar-refractivity contribution is 0.0777. The normalized spacial score (nSPS) is 22.8. The van der Waals surface area contributed by atoms with E-state index in [0.717, 1.165) is 30.5 Å². The van der Waals surface area contributed by atoms with Gasteiger partial charge in [-0.3, -0.25) is 9.88 Å². The fraction of sp³-hybridized carbons (Fsp3) is 0.375. The monoisotopic (exact) mass is 409 g/mol. The van der Waals surface area contributed by atoms with Crippen molar-refractivity contribution in [1.82, 2.24) is 15.2 Å². The summed E-state index contributed by atoms with van der Waals surface area (Å²) in [6.45, 7) is 7.26. The van der Waals surface area contributed by atoms with Crippen molar-refractivity contribution in [2.24, 2.45) is 5.92 Å². The molecule has 4 rings (SSSR count). The average Bonchev–Trinajstić information content (AvgIpc) is 2.75. The highest BCUT2D eigenvalue weighted by atomic mass is 35.5. The molecule has 5 heteroatoms. The number of halogens is 1. The summed E-state index contributed by atoms with van der Waals surface area (Å²) in [6, 6.07) is 17.1. The number of phenols is 1. The maximum atomic E-state index is 10.7. The van der Waals surface area contributed by atoms with Crippen molar-refractivity contribution in [2.45, 2.75) is 45.4 Å². The number of aromatic nitrogens is 1. The summed E-state index contributed by atoms with van der Waals surface area (Å²) in [5, 5.41) is 15.7. The van der Waals surface area contributed by atoms with Gasteiger partial charge in [0.2, 0.25) is 0 Å². The number of hydrogen-bond acceptors (Lipinski definition) is 4. The fourth-order valence-corrected chi connectivity index (χ4v) is 4.67. The number of phenolic OH excluding ortho intramolecular Hbond substituents is 1. The largest absolute Gasteiger partial charge is 0.505 e. The van der Waals surface area contributed by atoms with Gasteiger partial charge in [-0.1, -0.05) is 48.9 Å². The Morgan fingerprint density at radius 2 is 1.97 bits per heavy atom. The first-order valence-corrected chi connectivity index (χ1v) is 10.7. The number of likely N-dealkylation sites (tertiary alicyclic amines) is 1. The maximum Gasteiger partial charge on any atom is 0.146 e. The number of pyridine rings is 1. The Kier molecular flexibility index (Phi) is 6.04. The number of benzene rings is 2. The molecule has 2 heterocycles. The highest BCUT2D eigenvalue weighted by molar-refractivity contribution is 6.35. The topological polar surface area (TPSA) is 48.4 Å². The van der Waals surface area contributed by atoms with E-state index in [2.05, 4.69) is 59.4 Å². The molecule has 1 aliphatic rings. The minimum atomic E-state index is 0.222. The summed E-state index contributed by atoms with van der Waals surface area (Å²) in [5.74, 6) is 0.725. The summed E-state index contributed by atoms with van der Waals surface area (Å²) in [6.07, 6.45) is 2.76. The Bertz CT molecular complexity index is 979. The summed E-state index contributed by atoms with van der Waals surface area (Å²) >= 11 is 6.42. The molecule has 4 nitrogen and oxygen atoms in total. The number of piperidine rings is 1. The zero-order chi connectivity index (χ0) is 20.4. The van der Waals surface area contributed by atoms with Gasteiger partial charge in [-0.15, -0.1) is 0 Å². The van der Waals surface area contributed by atoms with Crippen molar-refractivity contribution in [2.75, 3.05) is 6.54 Å². The molecule has 0 bridgehead atoms. The lowest BCUT2D eigenvalue weighted by atomic mass is 9.86. The van der Waals surface area contributed by atoms with Gasteiger partial charge in [0, 0.05) is 48.9 Å². The van der Waals surface area contributed by atoms with Gasteiger partial charge in [0.1, 0.15) is 11.3 Å². The molecule has 29 heavy (non-hydrogen) atoms. The van der Waals surface area contributed by atoms with E-state index in [1.54, 1.807) is 6.20 Å². The maximum absolute atomic E-state index is 10.7. The molecule has 2 aromatic carbocycles. The lowest BCUT2D eigenvalue weighted by Gasteiger charge is -2.43. The molecule has 0 saturated carbocycles. The second-order valence-electron chi connectivity index (χ2n) is 8.10. The van der Waals surface area contributed by atoms with Crippen LogP contribution < -0.4 is 5.32 Å². The smallest absolute Gasteiger partial charge is 0.146 e. The molecule has 1 saturated heterocycles. The van der Waals surface area contributed by atoms with Gasteiger partial charge in [0.15, 0.2) is 0 Å². The number of hydrogen-bond donors (Lipinski definition) is 2. The predicted octanol–water partition coefficient (Wildman–Crippen LogP) is 4.98. The van der Waals surface area contributed by atoms with Crippen molar-refractivity contribution in [3.63, 3.8) is 0 Å². The number of fused-ring (bicyclic) bond motifs is 1. The first-order chi connectivity index (χ1) is 14.0. The number of aromatic hydroxyl groups is 1. The Morgan fingerprint density at radius 1 is 1.17 bits per heavy atom. The van der Waals surface area contributed by atoms with Crippen LogP contribution in [-0.4, -0.2) is 33.6 Å². The number of nitrogens with one attached hydrogen (secondary N) is 1. The second-order valence-corrected chi connectivity index (χ2v) is 8.50. The van der Waals surface area contributed by atoms with E-state index < -0.39 is 0 Å². The summed E-state index contributed by atoms with van der Waals surface area (Å²) in [4.78, 5) is 6.87. The standard InChI is InChI=1S/C24H28ClN3O/c1-16-17(2)28(15-18-7-4-3-5-8-18)12-10-22(16)27-14-19-13-21(25)20-9-6-11-26-23(20)24(19)29/h3-9,11,13,16-17,22,27,29H,10,12,14-15H2,1-2H3. The highest BCUT2D eigenvalue weighted by Gasteiger charge is 2.32. The van der Waals surface area contributed by atoms with Gasteiger partial charge < -0.3 is 10.4 Å². The van der Waals surface area contributed by atoms with E-state index in [4.69, 9.17) is 11.6 Å². The molecule has 0 spiro atoms. The zero-order valence-corrected chi connectivity index (χ0v) is 17.7. The van der Waals surface area contributed by atoms with Gasteiger partial charge in [0.25, 0.3) is 0 Å². The average molecular weight is 410 g/mol. The summed E-state index contributed by atoms with van der Waals surface area (Å²) in [5.41, 5.74) is 2.73. The SMILES string of the molecule is CC1C(NCc2cc(Cl)c3cccnc3c2O)CCN(Cc2ccccc2)C1C. The van der Waals surface area contributed by atoms with Gasteiger partial charge in [-0.05, 0) is 43.0 Å². The Balaban J connectivity index is 1.42. The minimum absolute atomic E-state index is 0.222. The minimum Gasteiger partial charge on any atom is -0.505 e. The van der Waals surface area contributed by atoms with Crippen LogP contribution in [-0.2, 0) is 13.1 Å². The molecule has 3 aromatic rings. The molecule has 0 aliphatic carbocycles. The van der Waals surface area contributed by atoms with Crippen LogP contribution in [0.4, 0.5) is 0 Å². The van der Waals surface area contributed by atoms with Crippen molar-refractivity contribution in [3.8, 4) is 5.75 Å². The molecular weight excluding hydrogens is 382 g/mol. The lowest BCUT2D eigenvalue weighted by Crippen LogP contribution is -2.52. The van der Waals surface area contributed by atoms with Crippen LogP contribution >= 0.6 is 11.6 Å². The van der Waals surface area contributed by atoms with E-state index in [-0.39, 0.29) is 5.75 Å². The fourth-order valence-electron chi connectivity index (χ4n) is 4.38. The summed E-state index contributed by atoms with van der Waals surface area (Å²) < 4.78 is 0. The first-order valence-electron chi connectivity index (χ1n) is 10.3. The van der Waals surface area contributed by atoms with Gasteiger partial charge in [0.05, 0.1) is 5.02 Å². The quantitative estimate of drug-likeness (QED) is 0.623. The zero-order valence-electron chi connectivity index (χ0n) is 17.0. The van der Waals surface area contributed by atoms with Crippen LogP contribution in [0.5, 0.6) is 5.75 Å².